The topological polar surface area (TPSA) is 131 Å². The molecule has 1 aliphatic heterocycles. The number of benzene rings is 2. The quantitative estimate of drug-likeness (QED) is 0.269. The fourth-order valence-corrected chi connectivity index (χ4v) is 4.97. The van der Waals surface area contributed by atoms with Crippen molar-refractivity contribution in [3.63, 3.8) is 0 Å². The minimum Gasteiger partial charge on any atom is -0.408 e. The number of aryl methyl sites for hydroxylation is 1. The number of aromatic nitrogens is 1. The predicted molar refractivity (Wildman–Crippen MR) is 137 cm³/mol. The molecule has 1 fully saturated rings. The van der Waals surface area contributed by atoms with Crippen molar-refractivity contribution in [3.05, 3.63) is 69.7 Å². The van der Waals surface area contributed by atoms with E-state index in [2.05, 4.69) is 28.9 Å². The average molecular weight is 528 g/mol. The van der Waals surface area contributed by atoms with E-state index in [9.17, 15) is 18.0 Å². The number of morpholine rings is 1. The van der Waals surface area contributed by atoms with Gasteiger partial charge in [-0.05, 0) is 49.2 Å². The van der Waals surface area contributed by atoms with Gasteiger partial charge in [-0.1, -0.05) is 24.0 Å². The van der Waals surface area contributed by atoms with E-state index in [1.807, 2.05) is 12.1 Å². The molecule has 3 aromatic rings. The first-order chi connectivity index (χ1) is 17.6. The Hall–Kier alpha value is -3.43. The Bertz CT molecular complexity index is 1510. The summed E-state index contributed by atoms with van der Waals surface area (Å²) < 4.78 is 34.5. The minimum absolute atomic E-state index is 0.106. The van der Waals surface area contributed by atoms with Gasteiger partial charge in [0.25, 0.3) is 5.91 Å². The first kappa shape index (κ1) is 26.6. The number of hydroxylamine groups is 1. The van der Waals surface area contributed by atoms with Crippen LogP contribution in [0.25, 0.3) is 11.1 Å². The Morgan fingerprint density at radius 1 is 1.11 bits per heavy atom. The second-order valence-corrected chi connectivity index (χ2v) is 11.7. The number of hydrogen-bond donors (Lipinski definition) is 2. The molecule has 2 heterocycles. The summed E-state index contributed by atoms with van der Waals surface area (Å²) in [6, 6.07) is 13.1. The molecule has 196 valence electrons. The molecule has 2 N–H and O–H groups in total. The first-order valence-corrected chi connectivity index (χ1v) is 13.7. The van der Waals surface area contributed by atoms with E-state index in [-0.39, 0.29) is 13.0 Å². The van der Waals surface area contributed by atoms with Crippen LogP contribution in [0.5, 0.6) is 0 Å². The van der Waals surface area contributed by atoms with Gasteiger partial charge in [0, 0.05) is 43.6 Å². The number of carbonyl (C=O) groups is 1. The third kappa shape index (κ3) is 5.94. The van der Waals surface area contributed by atoms with Gasteiger partial charge in [0.1, 0.15) is 0 Å². The number of rotatable bonds is 7. The maximum absolute atomic E-state index is 12.5. The molecule has 0 saturated carbocycles. The van der Waals surface area contributed by atoms with Crippen LogP contribution < -0.4 is 11.2 Å². The molecule has 1 saturated heterocycles. The highest BCUT2D eigenvalue weighted by molar-refractivity contribution is 7.92. The summed E-state index contributed by atoms with van der Waals surface area (Å²) in [6.07, 6.45) is 0.664. The summed E-state index contributed by atoms with van der Waals surface area (Å²) >= 11 is 0. The number of carbonyl (C=O) groups excluding carboxylic acids is 1. The lowest BCUT2D eigenvalue weighted by Crippen LogP contribution is -2.49. The lowest BCUT2D eigenvalue weighted by molar-refractivity contribution is -0.131. The zero-order valence-electron chi connectivity index (χ0n) is 20.7. The molecular weight excluding hydrogens is 498 g/mol. The van der Waals surface area contributed by atoms with E-state index in [4.69, 9.17) is 14.4 Å². The average Bonchev–Trinajstić information content (AvgIpc) is 3.20. The lowest BCUT2D eigenvalue weighted by Gasteiger charge is -2.26. The molecule has 11 heteroatoms. The van der Waals surface area contributed by atoms with Crippen molar-refractivity contribution in [3.8, 4) is 11.8 Å². The predicted octanol–water partition coefficient (Wildman–Crippen LogP) is 1.53. The first-order valence-electron chi connectivity index (χ1n) is 11.8. The van der Waals surface area contributed by atoms with Crippen molar-refractivity contribution in [2.24, 2.45) is 0 Å². The summed E-state index contributed by atoms with van der Waals surface area (Å²) in [5, 5.41) is 8.99. The number of nitrogens with zero attached hydrogens (tertiary/aromatic N) is 2. The van der Waals surface area contributed by atoms with Gasteiger partial charge < -0.3 is 9.15 Å². The number of nitrogens with one attached hydrogen (secondary N) is 1. The molecule has 1 aliphatic rings. The normalized spacial score (nSPS) is 16.1. The van der Waals surface area contributed by atoms with Crippen molar-refractivity contribution in [1.29, 1.82) is 0 Å². The molecule has 4 rings (SSSR count). The highest BCUT2D eigenvalue weighted by atomic mass is 32.2. The van der Waals surface area contributed by atoms with Crippen LogP contribution in [0.4, 0.5) is 0 Å². The van der Waals surface area contributed by atoms with Crippen LogP contribution in [0.2, 0.25) is 0 Å². The SMILES string of the molecule is CC(CCn1c(=O)oc2cc(C#Cc3ccc(CN4CCOCC4)cc3)ccc21)(C(=O)NO)S(C)(=O)=O. The van der Waals surface area contributed by atoms with Gasteiger partial charge in [-0.25, -0.2) is 18.7 Å². The highest BCUT2D eigenvalue weighted by Gasteiger charge is 2.43. The van der Waals surface area contributed by atoms with E-state index >= 15 is 0 Å². The van der Waals surface area contributed by atoms with Gasteiger partial charge in [-0.15, -0.1) is 0 Å². The van der Waals surface area contributed by atoms with Crippen LogP contribution in [-0.4, -0.2) is 66.3 Å². The van der Waals surface area contributed by atoms with Crippen molar-refractivity contribution in [1.82, 2.24) is 14.9 Å². The van der Waals surface area contributed by atoms with Gasteiger partial charge in [0.05, 0.1) is 18.7 Å². The van der Waals surface area contributed by atoms with Gasteiger partial charge in [-0.2, -0.15) is 0 Å². The maximum Gasteiger partial charge on any atom is 0.419 e. The Morgan fingerprint density at radius 3 is 2.41 bits per heavy atom. The fourth-order valence-electron chi connectivity index (χ4n) is 4.12. The third-order valence-corrected chi connectivity index (χ3v) is 8.72. The zero-order valence-corrected chi connectivity index (χ0v) is 21.5. The fraction of sp³-hybridized carbons (Fsp3) is 0.385. The van der Waals surface area contributed by atoms with E-state index in [0.29, 0.717) is 16.7 Å². The molecule has 1 unspecified atom stereocenters. The Labute approximate surface area is 214 Å². The molecule has 0 aliphatic carbocycles. The Morgan fingerprint density at radius 2 is 1.76 bits per heavy atom. The molecule has 37 heavy (non-hydrogen) atoms. The largest absolute Gasteiger partial charge is 0.419 e. The van der Waals surface area contributed by atoms with Crippen molar-refractivity contribution >= 4 is 26.8 Å². The van der Waals surface area contributed by atoms with Crippen molar-refractivity contribution in [2.45, 2.75) is 31.2 Å². The summed E-state index contributed by atoms with van der Waals surface area (Å²) in [6.45, 7) is 5.34. The molecule has 1 amide bonds. The van der Waals surface area contributed by atoms with Crippen LogP contribution >= 0.6 is 0 Å². The van der Waals surface area contributed by atoms with E-state index in [1.165, 1.54) is 22.5 Å². The van der Waals surface area contributed by atoms with E-state index in [1.54, 1.807) is 18.2 Å². The molecule has 0 bridgehead atoms. The molecular formula is C26H29N3O7S. The summed E-state index contributed by atoms with van der Waals surface area (Å²) in [4.78, 5) is 26.9. The molecule has 1 aromatic heterocycles. The number of sulfone groups is 1. The van der Waals surface area contributed by atoms with Crippen molar-refractivity contribution < 1.29 is 27.6 Å². The second kappa shape index (κ2) is 10.9. The van der Waals surface area contributed by atoms with Crippen LogP contribution in [0, 0.1) is 11.8 Å². The molecule has 0 spiro atoms. The third-order valence-electron chi connectivity index (χ3n) is 6.70. The summed E-state index contributed by atoms with van der Waals surface area (Å²) in [7, 11) is -3.89. The highest BCUT2D eigenvalue weighted by Crippen LogP contribution is 2.23. The number of fused-ring (bicyclic) bond motifs is 1. The smallest absolute Gasteiger partial charge is 0.408 e. The maximum atomic E-state index is 12.5. The number of oxazole rings is 1. The minimum atomic E-state index is -3.89. The second-order valence-electron chi connectivity index (χ2n) is 9.23. The molecule has 1 atom stereocenters. The number of hydrogen-bond acceptors (Lipinski definition) is 8. The van der Waals surface area contributed by atoms with Crippen LogP contribution in [0.3, 0.4) is 0 Å². The monoisotopic (exact) mass is 527 g/mol. The van der Waals surface area contributed by atoms with Gasteiger partial charge in [-0.3, -0.25) is 19.5 Å². The molecule has 10 nitrogen and oxygen atoms in total. The van der Waals surface area contributed by atoms with Crippen LogP contribution in [0.15, 0.2) is 51.7 Å². The standard InChI is InChI=1S/C26H29N3O7S/c1-26(24(30)27-32,37(2,33)34)11-12-29-22-10-9-20(17-23(22)36-25(29)31)6-3-19-4-7-21(8-5-19)18-28-13-15-35-16-14-28/h4-5,7-10,17,32H,11-16,18H2,1-2H3,(H,27,30). The number of amides is 1. The van der Waals surface area contributed by atoms with Gasteiger partial charge in [0.15, 0.2) is 20.2 Å². The van der Waals surface area contributed by atoms with Gasteiger partial charge >= 0.3 is 5.76 Å². The van der Waals surface area contributed by atoms with Crippen molar-refractivity contribution in [2.75, 3.05) is 32.6 Å². The van der Waals surface area contributed by atoms with E-state index in [0.717, 1.165) is 44.7 Å². The molecule has 0 radical (unpaired) electrons. The Kier molecular flexibility index (Phi) is 7.85. The van der Waals surface area contributed by atoms with E-state index < -0.39 is 26.2 Å². The van der Waals surface area contributed by atoms with Crippen LogP contribution in [0.1, 0.15) is 30.0 Å². The van der Waals surface area contributed by atoms with Gasteiger partial charge in [0.2, 0.25) is 0 Å². The summed E-state index contributed by atoms with van der Waals surface area (Å²) in [5.41, 5.74) is 4.85. The lowest BCUT2D eigenvalue weighted by atomic mass is 10.1. The molecule has 2 aromatic carbocycles. The number of ether oxygens (including phenoxy) is 1. The zero-order chi connectivity index (χ0) is 26.6. The summed E-state index contributed by atoms with van der Waals surface area (Å²) in [5.74, 6) is 4.44. The van der Waals surface area contributed by atoms with Crippen LogP contribution in [-0.2, 0) is 32.5 Å². The Balaban J connectivity index is 1.49.